The molecule has 1 heterocycles. The summed E-state index contributed by atoms with van der Waals surface area (Å²) in [7, 11) is 0. The van der Waals surface area contributed by atoms with Gasteiger partial charge in [-0.1, -0.05) is 30.3 Å². The van der Waals surface area contributed by atoms with Gasteiger partial charge in [0.25, 0.3) is 0 Å². The molecule has 138 valence electrons. The van der Waals surface area contributed by atoms with Crippen LogP contribution < -0.4 is 0 Å². The van der Waals surface area contributed by atoms with Crippen LogP contribution in [0, 0.1) is 11.8 Å². The van der Waals surface area contributed by atoms with Crippen molar-refractivity contribution in [2.24, 2.45) is 11.8 Å². The molecule has 0 radical (unpaired) electrons. The Morgan fingerprint density at radius 1 is 0.962 bits per heavy atom. The Morgan fingerprint density at radius 3 is 2.38 bits per heavy atom. The monoisotopic (exact) mass is 350 g/mol. The first kappa shape index (κ1) is 16.6. The van der Waals surface area contributed by atoms with Gasteiger partial charge in [-0.2, -0.15) is 0 Å². The summed E-state index contributed by atoms with van der Waals surface area (Å²) in [6, 6.07) is 11.0. The Labute approximate surface area is 156 Å². The van der Waals surface area contributed by atoms with Crippen LogP contribution in [0.25, 0.3) is 0 Å². The molecule has 0 aliphatic heterocycles. The molecule has 2 aromatic rings. The van der Waals surface area contributed by atoms with E-state index in [2.05, 4.69) is 41.1 Å². The van der Waals surface area contributed by atoms with Crippen LogP contribution in [0.1, 0.15) is 68.7 Å². The van der Waals surface area contributed by atoms with Gasteiger partial charge in [0.1, 0.15) is 5.82 Å². The van der Waals surface area contributed by atoms with Crippen LogP contribution in [0.4, 0.5) is 0 Å². The number of imidazole rings is 1. The predicted octanol–water partition coefficient (Wildman–Crippen LogP) is 5.27. The highest BCUT2D eigenvalue weighted by atomic mass is 16.5. The molecule has 1 aromatic heterocycles. The normalized spacial score (nSPS) is 29.0. The van der Waals surface area contributed by atoms with E-state index in [1.54, 1.807) is 0 Å². The highest BCUT2D eigenvalue weighted by Crippen LogP contribution is 2.47. The number of benzene rings is 1. The number of aromatic nitrogens is 2. The molecule has 3 nitrogen and oxygen atoms in total. The number of ether oxygens (including phenoxy) is 1. The second kappa shape index (κ2) is 6.84. The first-order chi connectivity index (χ1) is 12.8. The van der Waals surface area contributed by atoms with Gasteiger partial charge in [-0.05, 0) is 68.8 Å². The van der Waals surface area contributed by atoms with Gasteiger partial charge in [0.05, 0.1) is 12.2 Å². The third kappa shape index (κ3) is 3.46. The van der Waals surface area contributed by atoms with Gasteiger partial charge in [0.15, 0.2) is 0 Å². The second-order valence-electron chi connectivity index (χ2n) is 8.77. The maximum atomic E-state index is 6.62. The quantitative estimate of drug-likeness (QED) is 0.680. The lowest BCUT2D eigenvalue weighted by Gasteiger charge is -2.40. The molecular weight excluding hydrogens is 320 g/mol. The van der Waals surface area contributed by atoms with Crippen molar-refractivity contribution in [2.75, 3.05) is 6.61 Å². The summed E-state index contributed by atoms with van der Waals surface area (Å²) in [6.45, 7) is 2.11. The topological polar surface area (TPSA) is 27.1 Å². The molecule has 0 spiro atoms. The molecule has 3 saturated carbocycles. The molecule has 3 aliphatic rings. The van der Waals surface area contributed by atoms with E-state index >= 15 is 0 Å². The van der Waals surface area contributed by atoms with Gasteiger partial charge in [-0.15, -0.1) is 0 Å². The Bertz CT molecular complexity index is 722. The fraction of sp³-hybridized carbons (Fsp3) is 0.609. The molecule has 0 saturated heterocycles. The Kier molecular flexibility index (Phi) is 4.36. The molecule has 3 aliphatic carbocycles. The van der Waals surface area contributed by atoms with Crippen molar-refractivity contribution in [3.05, 3.63) is 54.1 Å². The first-order valence-corrected chi connectivity index (χ1v) is 10.5. The zero-order valence-electron chi connectivity index (χ0n) is 15.6. The molecule has 0 unspecified atom stereocenters. The fourth-order valence-electron chi connectivity index (χ4n) is 4.58. The molecule has 1 aromatic carbocycles. The van der Waals surface area contributed by atoms with Gasteiger partial charge >= 0.3 is 0 Å². The molecule has 26 heavy (non-hydrogen) atoms. The van der Waals surface area contributed by atoms with E-state index in [9.17, 15) is 0 Å². The van der Waals surface area contributed by atoms with E-state index in [4.69, 9.17) is 9.72 Å². The van der Waals surface area contributed by atoms with E-state index in [0.717, 1.165) is 31.3 Å². The van der Waals surface area contributed by atoms with E-state index in [1.165, 1.54) is 56.5 Å². The summed E-state index contributed by atoms with van der Waals surface area (Å²) in [4.78, 5) is 4.75. The van der Waals surface area contributed by atoms with E-state index < -0.39 is 0 Å². The average molecular weight is 351 g/mol. The third-order valence-electron chi connectivity index (χ3n) is 6.65. The minimum atomic E-state index is -0.0751. The molecule has 0 atom stereocenters. The van der Waals surface area contributed by atoms with Gasteiger partial charge in [0, 0.05) is 24.9 Å². The molecule has 3 fully saturated rings. The third-order valence-corrected chi connectivity index (χ3v) is 6.65. The summed E-state index contributed by atoms with van der Waals surface area (Å²) in [6.07, 6.45) is 14.3. The van der Waals surface area contributed by atoms with E-state index in [1.807, 2.05) is 6.20 Å². The lowest BCUT2D eigenvalue weighted by molar-refractivity contribution is -0.0838. The van der Waals surface area contributed by atoms with Gasteiger partial charge in [-0.25, -0.2) is 4.98 Å². The molecular formula is C23H30N2O. The fourth-order valence-corrected chi connectivity index (χ4v) is 4.58. The van der Waals surface area contributed by atoms with Crippen molar-refractivity contribution >= 4 is 0 Å². The average Bonchev–Trinajstić information content (AvgIpc) is 3.61. The summed E-state index contributed by atoms with van der Waals surface area (Å²) < 4.78 is 9.06. The van der Waals surface area contributed by atoms with Crippen LogP contribution in [0.2, 0.25) is 0 Å². The second-order valence-corrected chi connectivity index (χ2v) is 8.77. The molecule has 0 N–H and O–H groups in total. The van der Waals surface area contributed by atoms with Crippen LogP contribution >= 0.6 is 0 Å². The largest absolute Gasteiger partial charge is 0.370 e. The Morgan fingerprint density at radius 2 is 1.69 bits per heavy atom. The van der Waals surface area contributed by atoms with Crippen molar-refractivity contribution in [3.8, 4) is 0 Å². The number of hydrogen-bond acceptors (Lipinski definition) is 2. The van der Waals surface area contributed by atoms with Crippen molar-refractivity contribution in [2.45, 2.75) is 69.4 Å². The van der Waals surface area contributed by atoms with Crippen molar-refractivity contribution < 1.29 is 4.74 Å². The van der Waals surface area contributed by atoms with Crippen molar-refractivity contribution in [3.63, 3.8) is 0 Å². The zero-order valence-corrected chi connectivity index (χ0v) is 15.6. The van der Waals surface area contributed by atoms with Crippen LogP contribution in [-0.4, -0.2) is 16.2 Å². The van der Waals surface area contributed by atoms with Crippen LogP contribution in [0.5, 0.6) is 0 Å². The van der Waals surface area contributed by atoms with Crippen LogP contribution in [0.15, 0.2) is 42.7 Å². The van der Waals surface area contributed by atoms with Gasteiger partial charge in [0.2, 0.25) is 0 Å². The Hall–Kier alpha value is -1.61. The minimum absolute atomic E-state index is 0.0751. The number of rotatable bonds is 7. The smallest absolute Gasteiger partial charge is 0.111 e. The van der Waals surface area contributed by atoms with Crippen LogP contribution in [0.3, 0.4) is 0 Å². The lowest BCUT2D eigenvalue weighted by Crippen LogP contribution is -2.35. The summed E-state index contributed by atoms with van der Waals surface area (Å²) in [5.41, 5.74) is 1.30. The molecule has 0 amide bonds. The van der Waals surface area contributed by atoms with Crippen molar-refractivity contribution in [1.82, 2.24) is 9.55 Å². The van der Waals surface area contributed by atoms with Crippen molar-refractivity contribution in [1.29, 1.82) is 0 Å². The highest BCUT2D eigenvalue weighted by Gasteiger charge is 2.40. The first-order valence-electron chi connectivity index (χ1n) is 10.5. The summed E-state index contributed by atoms with van der Waals surface area (Å²) in [5, 5.41) is 0. The maximum absolute atomic E-state index is 6.62. The zero-order chi connectivity index (χ0) is 17.4. The molecule has 3 heteroatoms. The van der Waals surface area contributed by atoms with Gasteiger partial charge in [-0.3, -0.25) is 0 Å². The standard InChI is InChI=1S/C23H30N2O/c1-2-4-21(5-3-1)23(26-17-19-8-9-19)12-10-20(11-13-23)22-24-14-15-25(22)16-18-6-7-18/h1-5,14-15,18-20H,6-13,16-17H2. The molecule has 0 bridgehead atoms. The SMILES string of the molecule is c1ccc(C2(OCC3CC3)CCC(c3nccn3CC3CC3)CC2)cc1. The maximum Gasteiger partial charge on any atom is 0.111 e. The summed E-state index contributed by atoms with van der Waals surface area (Å²) in [5.74, 6) is 3.62. The Balaban J connectivity index is 1.31. The molecule has 5 rings (SSSR count). The van der Waals surface area contributed by atoms with Crippen LogP contribution in [-0.2, 0) is 16.9 Å². The summed E-state index contributed by atoms with van der Waals surface area (Å²) >= 11 is 0. The number of nitrogens with zero attached hydrogens (tertiary/aromatic N) is 2. The van der Waals surface area contributed by atoms with Gasteiger partial charge < -0.3 is 9.30 Å². The van der Waals surface area contributed by atoms with E-state index in [-0.39, 0.29) is 5.60 Å². The van der Waals surface area contributed by atoms with E-state index in [0.29, 0.717) is 5.92 Å². The minimum Gasteiger partial charge on any atom is -0.370 e. The highest BCUT2D eigenvalue weighted by molar-refractivity contribution is 5.24. The lowest BCUT2D eigenvalue weighted by atomic mass is 9.74. The number of hydrogen-bond donors (Lipinski definition) is 0. The predicted molar refractivity (Wildman–Crippen MR) is 103 cm³/mol.